The second-order valence-corrected chi connectivity index (χ2v) is 4.08. The van der Waals surface area contributed by atoms with Gasteiger partial charge in [-0.3, -0.25) is 4.79 Å². The molecule has 0 fully saturated rings. The number of hydrogen-bond acceptors (Lipinski definition) is 2. The molecule has 15 heavy (non-hydrogen) atoms. The van der Waals surface area contributed by atoms with Gasteiger partial charge in [-0.05, 0) is 25.1 Å². The van der Waals surface area contributed by atoms with Gasteiger partial charge in [0, 0.05) is 18.1 Å². The van der Waals surface area contributed by atoms with Crippen LogP contribution in [0.2, 0.25) is 0 Å². The minimum absolute atomic E-state index is 0.0261. The predicted octanol–water partition coefficient (Wildman–Crippen LogP) is 2.55. The summed E-state index contributed by atoms with van der Waals surface area (Å²) in [6.45, 7) is 2.61. The largest absolute Gasteiger partial charge is 0.496 e. The number of carbonyl (C=O) groups excluding carboxylic acids is 1. The summed E-state index contributed by atoms with van der Waals surface area (Å²) >= 11 is 3.34. The zero-order chi connectivity index (χ0) is 11.4. The molecule has 0 aliphatic carbocycles. The molecule has 0 saturated heterocycles. The van der Waals surface area contributed by atoms with Crippen LogP contribution in [0.4, 0.5) is 0 Å². The summed E-state index contributed by atoms with van der Waals surface area (Å²) in [5.74, 6) is 0.566. The molecule has 0 aliphatic heterocycles. The third-order valence-corrected chi connectivity index (χ3v) is 2.71. The first-order valence-electron chi connectivity index (χ1n) is 4.69. The van der Waals surface area contributed by atoms with Gasteiger partial charge in [-0.1, -0.05) is 15.9 Å². The molecule has 0 saturated carbocycles. The van der Waals surface area contributed by atoms with Gasteiger partial charge in [0.15, 0.2) is 0 Å². The van der Waals surface area contributed by atoms with Gasteiger partial charge in [0.2, 0.25) is 0 Å². The highest BCUT2D eigenvalue weighted by atomic mass is 79.9. The Balaban J connectivity index is 3.08. The molecule has 0 aromatic heterocycles. The average Bonchev–Trinajstić information content (AvgIpc) is 2.26. The van der Waals surface area contributed by atoms with Crippen molar-refractivity contribution in [3.8, 4) is 5.75 Å². The lowest BCUT2D eigenvalue weighted by Gasteiger charge is -2.16. The van der Waals surface area contributed by atoms with Crippen molar-refractivity contribution in [3.05, 3.63) is 28.2 Å². The number of hydrogen-bond donors (Lipinski definition) is 0. The lowest BCUT2D eigenvalue weighted by Crippen LogP contribution is -2.26. The smallest absolute Gasteiger partial charge is 0.257 e. The van der Waals surface area contributed by atoms with E-state index in [9.17, 15) is 4.79 Å². The Morgan fingerprint density at radius 1 is 1.53 bits per heavy atom. The topological polar surface area (TPSA) is 29.5 Å². The number of nitrogens with zero attached hydrogens (tertiary/aromatic N) is 1. The molecule has 1 aromatic carbocycles. The Hall–Kier alpha value is -1.03. The van der Waals surface area contributed by atoms with Crippen LogP contribution in [0, 0.1) is 0 Å². The molecule has 0 heterocycles. The molecule has 0 aliphatic rings. The lowest BCUT2D eigenvalue weighted by atomic mass is 10.2. The number of benzene rings is 1. The van der Waals surface area contributed by atoms with E-state index in [0.29, 0.717) is 17.9 Å². The second-order valence-electron chi connectivity index (χ2n) is 3.16. The maximum absolute atomic E-state index is 11.9. The second kappa shape index (κ2) is 5.16. The van der Waals surface area contributed by atoms with Crippen molar-refractivity contribution in [1.82, 2.24) is 4.90 Å². The van der Waals surface area contributed by atoms with E-state index in [-0.39, 0.29) is 5.91 Å². The first kappa shape index (κ1) is 12.0. The quantitative estimate of drug-likeness (QED) is 0.846. The molecule has 0 spiro atoms. The van der Waals surface area contributed by atoms with Crippen LogP contribution in [0.3, 0.4) is 0 Å². The summed E-state index contributed by atoms with van der Waals surface area (Å²) in [5.41, 5.74) is 0.588. The summed E-state index contributed by atoms with van der Waals surface area (Å²) in [5, 5.41) is 0. The molecule has 4 heteroatoms. The molecular weight excluding hydrogens is 258 g/mol. The lowest BCUT2D eigenvalue weighted by molar-refractivity contribution is 0.0799. The van der Waals surface area contributed by atoms with Gasteiger partial charge in [-0.25, -0.2) is 0 Å². The molecule has 0 N–H and O–H groups in total. The van der Waals surface area contributed by atoms with Crippen molar-refractivity contribution >= 4 is 21.8 Å². The van der Waals surface area contributed by atoms with Gasteiger partial charge in [0.05, 0.1) is 12.7 Å². The Morgan fingerprint density at radius 3 is 2.73 bits per heavy atom. The van der Waals surface area contributed by atoms with Crippen molar-refractivity contribution < 1.29 is 9.53 Å². The number of amides is 1. The number of halogens is 1. The highest BCUT2D eigenvalue weighted by molar-refractivity contribution is 9.10. The first-order chi connectivity index (χ1) is 7.10. The maximum atomic E-state index is 11.9. The highest BCUT2D eigenvalue weighted by Gasteiger charge is 2.15. The molecule has 82 valence electrons. The fourth-order valence-corrected chi connectivity index (χ4v) is 1.53. The van der Waals surface area contributed by atoms with Gasteiger partial charge in [0.25, 0.3) is 5.91 Å². The van der Waals surface area contributed by atoms with E-state index in [0.717, 1.165) is 4.47 Å². The van der Waals surface area contributed by atoms with Crippen LogP contribution < -0.4 is 4.74 Å². The Labute approximate surface area is 98.2 Å². The van der Waals surface area contributed by atoms with Crippen molar-refractivity contribution in [2.45, 2.75) is 6.92 Å². The molecule has 0 radical (unpaired) electrons. The van der Waals surface area contributed by atoms with E-state index in [1.165, 1.54) is 0 Å². The van der Waals surface area contributed by atoms with Crippen LogP contribution in [-0.4, -0.2) is 31.5 Å². The molecule has 0 bridgehead atoms. The van der Waals surface area contributed by atoms with E-state index in [2.05, 4.69) is 15.9 Å². The summed E-state index contributed by atoms with van der Waals surface area (Å²) in [4.78, 5) is 13.5. The first-order valence-corrected chi connectivity index (χ1v) is 5.48. The number of ether oxygens (including phenoxy) is 1. The van der Waals surface area contributed by atoms with Crippen LogP contribution >= 0.6 is 15.9 Å². The van der Waals surface area contributed by atoms with Crippen LogP contribution in [0.1, 0.15) is 17.3 Å². The summed E-state index contributed by atoms with van der Waals surface area (Å²) in [7, 11) is 3.33. The molecule has 1 amide bonds. The SMILES string of the molecule is CCN(C)C(=O)c1ccc(Br)cc1OC. The average molecular weight is 272 g/mol. The Kier molecular flexibility index (Phi) is 4.15. The van der Waals surface area contributed by atoms with Crippen molar-refractivity contribution in [1.29, 1.82) is 0 Å². The Bertz CT molecular complexity index is 366. The predicted molar refractivity (Wildman–Crippen MR) is 63.3 cm³/mol. The van der Waals surface area contributed by atoms with Gasteiger partial charge >= 0.3 is 0 Å². The van der Waals surface area contributed by atoms with Gasteiger partial charge < -0.3 is 9.64 Å². The van der Waals surface area contributed by atoms with E-state index in [1.54, 1.807) is 31.2 Å². The monoisotopic (exact) mass is 271 g/mol. The van der Waals surface area contributed by atoms with Gasteiger partial charge in [0.1, 0.15) is 5.75 Å². The van der Waals surface area contributed by atoms with Crippen molar-refractivity contribution in [3.63, 3.8) is 0 Å². The number of rotatable bonds is 3. The molecule has 0 atom stereocenters. The maximum Gasteiger partial charge on any atom is 0.257 e. The van der Waals surface area contributed by atoms with E-state index >= 15 is 0 Å². The fourth-order valence-electron chi connectivity index (χ4n) is 1.19. The fraction of sp³-hybridized carbons (Fsp3) is 0.364. The van der Waals surface area contributed by atoms with Crippen molar-refractivity contribution in [2.75, 3.05) is 20.7 Å². The highest BCUT2D eigenvalue weighted by Crippen LogP contribution is 2.24. The van der Waals surface area contributed by atoms with E-state index < -0.39 is 0 Å². The molecule has 3 nitrogen and oxygen atoms in total. The molecule has 1 aromatic rings. The summed E-state index contributed by atoms with van der Waals surface area (Å²) < 4.78 is 6.06. The summed E-state index contributed by atoms with van der Waals surface area (Å²) in [6.07, 6.45) is 0. The minimum atomic E-state index is -0.0261. The number of methoxy groups -OCH3 is 1. The van der Waals surface area contributed by atoms with Gasteiger partial charge in [-0.15, -0.1) is 0 Å². The van der Waals surface area contributed by atoms with Crippen LogP contribution in [0.25, 0.3) is 0 Å². The van der Waals surface area contributed by atoms with E-state index in [4.69, 9.17) is 4.74 Å². The standard InChI is InChI=1S/C11H14BrNO2/c1-4-13(2)11(14)9-6-5-8(12)7-10(9)15-3/h5-7H,4H2,1-3H3. The van der Waals surface area contributed by atoms with E-state index in [1.807, 2.05) is 13.0 Å². The molecular formula is C11H14BrNO2. The van der Waals surface area contributed by atoms with Gasteiger partial charge in [-0.2, -0.15) is 0 Å². The summed E-state index contributed by atoms with van der Waals surface area (Å²) in [6, 6.07) is 5.38. The van der Waals surface area contributed by atoms with Crippen molar-refractivity contribution in [2.24, 2.45) is 0 Å². The van der Waals surface area contributed by atoms with Crippen LogP contribution in [0.5, 0.6) is 5.75 Å². The van der Waals surface area contributed by atoms with Crippen LogP contribution in [0.15, 0.2) is 22.7 Å². The third-order valence-electron chi connectivity index (χ3n) is 2.22. The normalized spacial score (nSPS) is 9.87. The Morgan fingerprint density at radius 2 is 2.20 bits per heavy atom. The zero-order valence-corrected chi connectivity index (χ0v) is 10.7. The van der Waals surface area contributed by atoms with Crippen LogP contribution in [-0.2, 0) is 0 Å². The zero-order valence-electron chi connectivity index (χ0n) is 9.08. The number of carbonyl (C=O) groups is 1. The minimum Gasteiger partial charge on any atom is -0.496 e. The molecule has 1 rings (SSSR count). The third kappa shape index (κ3) is 2.72. The molecule has 0 unspecified atom stereocenters.